The van der Waals surface area contributed by atoms with Crippen molar-refractivity contribution in [2.75, 3.05) is 13.2 Å². The lowest BCUT2D eigenvalue weighted by atomic mass is 9.97. The van der Waals surface area contributed by atoms with Gasteiger partial charge in [0.15, 0.2) is 11.3 Å². The largest absolute Gasteiger partial charge is 0.462 e. The summed E-state index contributed by atoms with van der Waals surface area (Å²) in [5, 5.41) is 2.56. The highest BCUT2D eigenvalue weighted by Gasteiger charge is 2.31. The van der Waals surface area contributed by atoms with Gasteiger partial charge in [0, 0.05) is 32.2 Å². The number of carbonyl (C=O) groups excluding carboxylic acids is 3. The Kier molecular flexibility index (Phi) is 8.86. The van der Waals surface area contributed by atoms with Gasteiger partial charge in [0.1, 0.15) is 11.3 Å². The van der Waals surface area contributed by atoms with Crippen LogP contribution in [0.4, 0.5) is 4.39 Å². The number of nitrogens with one attached hydrogen (secondary N) is 1. The van der Waals surface area contributed by atoms with E-state index in [4.69, 9.17) is 9.47 Å². The van der Waals surface area contributed by atoms with E-state index in [1.54, 1.807) is 39.8 Å². The topological polar surface area (TPSA) is 117 Å². The highest BCUT2D eigenvalue weighted by Crippen LogP contribution is 2.30. The summed E-state index contributed by atoms with van der Waals surface area (Å²) in [7, 11) is 1.48. The SMILES string of the molecule is CCOC(=O)c1c(OC(=O)C(C)(C)C)c2ncc(Cc3ccc(F)cc3C#CCNC(C)=O)cc2n(C)c1=O. The van der Waals surface area contributed by atoms with Gasteiger partial charge in [-0.25, -0.2) is 9.18 Å². The third kappa shape index (κ3) is 6.87. The zero-order valence-electron chi connectivity index (χ0n) is 22.7. The van der Waals surface area contributed by atoms with E-state index in [-0.39, 0.29) is 36.7 Å². The molecule has 0 aliphatic carbocycles. The number of carbonyl (C=O) groups is 3. The van der Waals surface area contributed by atoms with Crippen LogP contribution in [0.15, 0.2) is 35.3 Å². The van der Waals surface area contributed by atoms with E-state index in [2.05, 4.69) is 22.1 Å². The number of halogens is 1. The molecule has 0 bridgehead atoms. The molecule has 2 heterocycles. The van der Waals surface area contributed by atoms with Crippen molar-refractivity contribution in [3.63, 3.8) is 0 Å². The normalized spacial score (nSPS) is 10.9. The average Bonchev–Trinajstić information content (AvgIpc) is 2.86. The van der Waals surface area contributed by atoms with Crippen molar-refractivity contribution in [2.45, 2.75) is 41.0 Å². The number of hydrogen-bond donors (Lipinski definition) is 1. The molecule has 0 atom stereocenters. The number of pyridine rings is 2. The number of aryl methyl sites for hydroxylation is 1. The molecule has 0 radical (unpaired) electrons. The Balaban J connectivity index is 2.13. The summed E-state index contributed by atoms with van der Waals surface area (Å²) in [5.74, 6) is 3.15. The van der Waals surface area contributed by atoms with E-state index in [1.807, 2.05) is 0 Å². The molecule has 1 N–H and O–H groups in total. The summed E-state index contributed by atoms with van der Waals surface area (Å²) in [5.41, 5.74) is 0.207. The second-order valence-electron chi connectivity index (χ2n) is 9.83. The molecule has 3 aromatic rings. The number of amides is 1. The van der Waals surface area contributed by atoms with Crippen LogP contribution in [0.3, 0.4) is 0 Å². The van der Waals surface area contributed by atoms with E-state index >= 15 is 0 Å². The summed E-state index contributed by atoms with van der Waals surface area (Å²) >= 11 is 0. The zero-order valence-corrected chi connectivity index (χ0v) is 22.7. The maximum absolute atomic E-state index is 14.0. The number of hydrogen-bond acceptors (Lipinski definition) is 7. The summed E-state index contributed by atoms with van der Waals surface area (Å²) in [6.07, 6.45) is 1.81. The highest BCUT2D eigenvalue weighted by atomic mass is 19.1. The Bertz CT molecular complexity index is 1570. The van der Waals surface area contributed by atoms with E-state index in [1.165, 1.54) is 36.9 Å². The minimum atomic E-state index is -0.920. The zero-order chi connectivity index (χ0) is 28.9. The van der Waals surface area contributed by atoms with E-state index in [9.17, 15) is 23.6 Å². The summed E-state index contributed by atoms with van der Waals surface area (Å²) in [6.45, 7) is 8.05. The van der Waals surface area contributed by atoms with E-state index in [0.29, 0.717) is 22.2 Å². The van der Waals surface area contributed by atoms with Crippen LogP contribution in [-0.4, -0.2) is 40.5 Å². The Morgan fingerprint density at radius 2 is 1.90 bits per heavy atom. The Morgan fingerprint density at radius 1 is 1.18 bits per heavy atom. The fourth-order valence-electron chi connectivity index (χ4n) is 3.59. The number of esters is 2. The summed E-state index contributed by atoms with van der Waals surface area (Å²) in [6, 6.07) is 5.90. The molecule has 9 nitrogen and oxygen atoms in total. The molecule has 10 heteroatoms. The monoisotopic (exact) mass is 535 g/mol. The lowest BCUT2D eigenvalue weighted by molar-refractivity contribution is -0.142. The molecule has 204 valence electrons. The molecular formula is C29H30FN3O6. The van der Waals surface area contributed by atoms with Gasteiger partial charge in [-0.1, -0.05) is 17.9 Å². The third-order valence-electron chi connectivity index (χ3n) is 5.65. The fourth-order valence-corrected chi connectivity index (χ4v) is 3.59. The number of fused-ring (bicyclic) bond motifs is 1. The van der Waals surface area contributed by atoms with Crippen LogP contribution in [0.25, 0.3) is 11.0 Å². The van der Waals surface area contributed by atoms with E-state index in [0.717, 1.165) is 0 Å². The Morgan fingerprint density at radius 3 is 2.54 bits per heavy atom. The second kappa shape index (κ2) is 11.9. The van der Waals surface area contributed by atoms with Crippen LogP contribution in [0, 0.1) is 23.1 Å². The van der Waals surface area contributed by atoms with Crippen molar-refractivity contribution in [3.8, 4) is 17.6 Å². The van der Waals surface area contributed by atoms with Gasteiger partial charge in [-0.3, -0.25) is 19.4 Å². The smallest absolute Gasteiger partial charge is 0.347 e. The first-order valence-electron chi connectivity index (χ1n) is 12.3. The predicted molar refractivity (Wildman–Crippen MR) is 143 cm³/mol. The number of ether oxygens (including phenoxy) is 2. The highest BCUT2D eigenvalue weighted by molar-refractivity contribution is 6.00. The predicted octanol–water partition coefficient (Wildman–Crippen LogP) is 3.28. The number of rotatable bonds is 6. The van der Waals surface area contributed by atoms with Gasteiger partial charge in [0.05, 0.1) is 24.1 Å². The van der Waals surface area contributed by atoms with Gasteiger partial charge in [-0.2, -0.15) is 0 Å². The van der Waals surface area contributed by atoms with Crippen molar-refractivity contribution in [1.82, 2.24) is 14.9 Å². The van der Waals surface area contributed by atoms with Gasteiger partial charge in [0.2, 0.25) is 5.91 Å². The molecular weight excluding hydrogens is 505 g/mol. The third-order valence-corrected chi connectivity index (χ3v) is 5.65. The molecule has 3 rings (SSSR count). The molecule has 0 aliphatic rings. The molecule has 0 saturated carbocycles. The molecule has 0 aliphatic heterocycles. The Hall–Kier alpha value is -4.52. The molecule has 1 amide bonds. The second-order valence-corrected chi connectivity index (χ2v) is 9.83. The lowest BCUT2D eigenvalue weighted by Gasteiger charge is -2.19. The maximum Gasteiger partial charge on any atom is 0.347 e. The van der Waals surface area contributed by atoms with Crippen molar-refractivity contribution in [3.05, 3.63) is 68.9 Å². The summed E-state index contributed by atoms with van der Waals surface area (Å²) in [4.78, 5) is 54.3. The van der Waals surface area contributed by atoms with Gasteiger partial charge in [0.25, 0.3) is 5.56 Å². The van der Waals surface area contributed by atoms with Crippen molar-refractivity contribution >= 4 is 28.9 Å². The lowest BCUT2D eigenvalue weighted by Crippen LogP contribution is -2.31. The summed E-state index contributed by atoms with van der Waals surface area (Å²) < 4.78 is 25.8. The van der Waals surface area contributed by atoms with Gasteiger partial charge in [-0.15, -0.1) is 0 Å². The molecule has 0 spiro atoms. The van der Waals surface area contributed by atoms with Crippen LogP contribution in [-0.2, 0) is 27.8 Å². The first kappa shape index (κ1) is 29.0. The van der Waals surface area contributed by atoms with Gasteiger partial charge >= 0.3 is 11.9 Å². The van der Waals surface area contributed by atoms with Crippen LogP contribution in [0.2, 0.25) is 0 Å². The molecule has 2 aromatic heterocycles. The van der Waals surface area contributed by atoms with Crippen molar-refractivity contribution in [2.24, 2.45) is 12.5 Å². The average molecular weight is 536 g/mol. The van der Waals surface area contributed by atoms with Gasteiger partial charge in [-0.05, 0) is 57.0 Å². The molecule has 0 fully saturated rings. The van der Waals surface area contributed by atoms with Gasteiger partial charge < -0.3 is 19.4 Å². The van der Waals surface area contributed by atoms with Crippen LogP contribution in [0.1, 0.15) is 61.7 Å². The quantitative estimate of drug-likeness (QED) is 0.380. The Labute approximate surface area is 225 Å². The van der Waals surface area contributed by atoms with Crippen molar-refractivity contribution in [1.29, 1.82) is 0 Å². The standard InChI is InChI=1S/C29H30FN3O6/c1-7-38-27(36)23-25(39-28(37)29(3,4)5)24-22(33(6)26(23)35)14-18(16-32-24)13-20-10-11-21(30)15-19(20)9-8-12-31-17(2)34/h10-11,14-16H,7,12-13H2,1-6H3,(H,31,34). The van der Waals surface area contributed by atoms with Crippen LogP contribution < -0.4 is 15.6 Å². The van der Waals surface area contributed by atoms with E-state index < -0.39 is 34.3 Å². The molecule has 0 unspecified atom stereocenters. The first-order valence-corrected chi connectivity index (χ1v) is 12.3. The molecule has 39 heavy (non-hydrogen) atoms. The number of benzene rings is 1. The van der Waals surface area contributed by atoms with Crippen LogP contribution in [0.5, 0.6) is 5.75 Å². The van der Waals surface area contributed by atoms with Crippen molar-refractivity contribution < 1.29 is 28.2 Å². The molecule has 0 saturated heterocycles. The first-order chi connectivity index (χ1) is 18.3. The molecule has 1 aromatic carbocycles. The minimum absolute atomic E-state index is 0.0206. The number of aromatic nitrogens is 2. The fraction of sp³-hybridized carbons (Fsp3) is 0.345. The number of nitrogens with zero attached hydrogens (tertiary/aromatic N) is 2. The van der Waals surface area contributed by atoms with Crippen LogP contribution >= 0.6 is 0 Å². The minimum Gasteiger partial charge on any atom is -0.462 e. The maximum atomic E-state index is 14.0.